The molecule has 1 aliphatic heterocycles. The van der Waals surface area contributed by atoms with E-state index in [0.717, 1.165) is 0 Å². The lowest BCUT2D eigenvalue weighted by molar-refractivity contribution is -0.172. The van der Waals surface area contributed by atoms with Crippen LogP contribution in [0, 0.1) is 5.41 Å². The molecule has 0 spiro atoms. The van der Waals surface area contributed by atoms with Crippen molar-refractivity contribution >= 4 is 23.6 Å². The summed E-state index contributed by atoms with van der Waals surface area (Å²) >= 11 is 0. The maximum absolute atomic E-state index is 12.9. The second kappa shape index (κ2) is 6.52. The number of nitrogens with zero attached hydrogens (tertiary/aromatic N) is 1. The van der Waals surface area contributed by atoms with Gasteiger partial charge in [0.05, 0.1) is 19.8 Å². The van der Waals surface area contributed by atoms with Gasteiger partial charge in [-0.1, -0.05) is 12.2 Å². The van der Waals surface area contributed by atoms with Gasteiger partial charge in [-0.25, -0.2) is 9.79 Å². The Morgan fingerprint density at radius 2 is 1.65 bits per heavy atom. The van der Waals surface area contributed by atoms with Crippen LogP contribution in [0.4, 0.5) is 0 Å². The van der Waals surface area contributed by atoms with Crippen molar-refractivity contribution < 1.29 is 28.6 Å². The van der Waals surface area contributed by atoms with Crippen LogP contribution < -0.4 is 0 Å². The van der Waals surface area contributed by atoms with Crippen molar-refractivity contribution in [2.45, 2.75) is 39.2 Å². The molecule has 2 aliphatic rings. The lowest BCUT2D eigenvalue weighted by Gasteiger charge is -2.39. The van der Waals surface area contributed by atoms with E-state index in [9.17, 15) is 14.4 Å². The van der Waals surface area contributed by atoms with E-state index in [0.29, 0.717) is 0 Å². The zero-order valence-electron chi connectivity index (χ0n) is 13.6. The Labute approximate surface area is 134 Å². The van der Waals surface area contributed by atoms with Gasteiger partial charge in [-0.2, -0.15) is 0 Å². The maximum Gasteiger partial charge on any atom is 0.336 e. The molecule has 0 aromatic rings. The van der Waals surface area contributed by atoms with Gasteiger partial charge in [0.2, 0.25) is 5.78 Å². The third-order valence-electron chi connectivity index (χ3n) is 4.10. The van der Waals surface area contributed by atoms with Crippen LogP contribution in [0.1, 0.15) is 33.6 Å². The van der Waals surface area contributed by atoms with Crippen LogP contribution in [0.3, 0.4) is 0 Å². The van der Waals surface area contributed by atoms with Gasteiger partial charge < -0.3 is 14.2 Å². The Morgan fingerprint density at radius 1 is 1.04 bits per heavy atom. The summed E-state index contributed by atoms with van der Waals surface area (Å²) in [5.74, 6) is -2.30. The Hall–Kier alpha value is -2.18. The summed E-state index contributed by atoms with van der Waals surface area (Å²) in [5.41, 5.74) is -3.39. The van der Waals surface area contributed by atoms with Gasteiger partial charge in [0, 0.05) is 6.42 Å². The van der Waals surface area contributed by atoms with Crippen molar-refractivity contribution in [3.63, 3.8) is 0 Å². The fourth-order valence-electron chi connectivity index (χ4n) is 3.07. The van der Waals surface area contributed by atoms with Gasteiger partial charge in [0.15, 0.2) is 11.0 Å². The molecule has 0 saturated carbocycles. The Morgan fingerprint density at radius 3 is 2.26 bits per heavy atom. The minimum Gasteiger partial charge on any atom is -0.476 e. The number of esters is 2. The molecule has 2 atom stereocenters. The molecule has 0 radical (unpaired) electrons. The summed E-state index contributed by atoms with van der Waals surface area (Å²) in [4.78, 5) is 42.4. The molecule has 7 nitrogen and oxygen atoms in total. The van der Waals surface area contributed by atoms with Crippen LogP contribution in [-0.4, -0.2) is 49.0 Å². The number of hydrogen-bond donors (Lipinski definition) is 0. The predicted octanol–water partition coefficient (Wildman–Crippen LogP) is 1.21. The summed E-state index contributed by atoms with van der Waals surface area (Å²) in [6.07, 6.45) is 3.53. The van der Waals surface area contributed by atoms with E-state index in [1.165, 1.54) is 0 Å². The van der Waals surface area contributed by atoms with Crippen molar-refractivity contribution in [2.75, 3.05) is 19.8 Å². The number of carbonyl (C=O) groups excluding carboxylic acids is 3. The monoisotopic (exact) mass is 323 g/mol. The van der Waals surface area contributed by atoms with Gasteiger partial charge in [-0.05, 0) is 27.2 Å². The van der Waals surface area contributed by atoms with Crippen LogP contribution in [0.25, 0.3) is 0 Å². The number of ether oxygens (including phenoxy) is 3. The highest BCUT2D eigenvalue weighted by atomic mass is 16.5. The molecule has 0 saturated heterocycles. The molecule has 23 heavy (non-hydrogen) atoms. The summed E-state index contributed by atoms with van der Waals surface area (Å²) in [7, 11) is 0. The zero-order chi connectivity index (χ0) is 17.1. The Kier molecular flexibility index (Phi) is 4.87. The standard InChI is InChI=1S/C16H21NO6/c1-4-21-12-11(18)15(13(19)22-5-2)9-7-8-10-16(15,17-12)14(20)23-6-3/h7-8H,4-6,9-10H2,1-3H3/t15-,16+/m1/s1. The van der Waals surface area contributed by atoms with Crippen molar-refractivity contribution in [1.82, 2.24) is 0 Å². The maximum atomic E-state index is 12.9. The van der Waals surface area contributed by atoms with Crippen molar-refractivity contribution in [2.24, 2.45) is 10.4 Å². The summed E-state index contributed by atoms with van der Waals surface area (Å²) in [6, 6.07) is 0. The smallest absolute Gasteiger partial charge is 0.336 e. The molecule has 0 amide bonds. The highest BCUT2D eigenvalue weighted by Gasteiger charge is 2.72. The van der Waals surface area contributed by atoms with E-state index in [4.69, 9.17) is 14.2 Å². The summed E-state index contributed by atoms with van der Waals surface area (Å²) in [5, 5.41) is 0. The first-order valence-corrected chi connectivity index (χ1v) is 7.77. The first-order chi connectivity index (χ1) is 11.0. The quantitative estimate of drug-likeness (QED) is 0.429. The Balaban J connectivity index is 2.61. The number of hydrogen-bond acceptors (Lipinski definition) is 7. The normalized spacial score (nSPS) is 28.8. The number of Topliss-reactive ketones (excluding diaryl/α,β-unsaturated/α-hetero) is 1. The molecule has 126 valence electrons. The van der Waals surface area contributed by atoms with Gasteiger partial charge in [0.1, 0.15) is 0 Å². The molecule has 7 heteroatoms. The summed E-state index contributed by atoms with van der Waals surface area (Å²) < 4.78 is 15.5. The van der Waals surface area contributed by atoms with Gasteiger partial charge in [0.25, 0.3) is 5.90 Å². The number of carbonyl (C=O) groups is 3. The second-order valence-electron chi connectivity index (χ2n) is 5.27. The molecule has 0 N–H and O–H groups in total. The number of rotatable bonds is 5. The molecule has 2 rings (SSSR count). The van der Waals surface area contributed by atoms with Crippen molar-refractivity contribution in [3.8, 4) is 0 Å². The van der Waals surface area contributed by atoms with Gasteiger partial charge in [-0.3, -0.25) is 9.59 Å². The van der Waals surface area contributed by atoms with Crippen LogP contribution >= 0.6 is 0 Å². The topological polar surface area (TPSA) is 91.3 Å². The van der Waals surface area contributed by atoms with Crippen LogP contribution in [-0.2, 0) is 28.6 Å². The molecular formula is C16H21NO6. The molecule has 1 aliphatic carbocycles. The number of allylic oxidation sites excluding steroid dienone is 1. The molecule has 0 aromatic heterocycles. The average molecular weight is 323 g/mol. The van der Waals surface area contributed by atoms with Gasteiger partial charge >= 0.3 is 11.9 Å². The van der Waals surface area contributed by atoms with E-state index in [-0.39, 0.29) is 38.6 Å². The molecule has 0 fully saturated rings. The minimum absolute atomic E-state index is 0.0313. The van der Waals surface area contributed by atoms with E-state index in [1.54, 1.807) is 32.9 Å². The average Bonchev–Trinajstić information content (AvgIpc) is 2.80. The largest absolute Gasteiger partial charge is 0.476 e. The summed E-state index contributed by atoms with van der Waals surface area (Å²) in [6.45, 7) is 5.42. The van der Waals surface area contributed by atoms with Crippen LogP contribution in [0.15, 0.2) is 17.1 Å². The predicted molar refractivity (Wildman–Crippen MR) is 80.9 cm³/mol. The molecular weight excluding hydrogens is 302 g/mol. The number of fused-ring (bicyclic) bond motifs is 1. The molecule has 0 bridgehead atoms. The van der Waals surface area contributed by atoms with Crippen molar-refractivity contribution in [1.29, 1.82) is 0 Å². The minimum atomic E-state index is -1.74. The van der Waals surface area contributed by atoms with Gasteiger partial charge in [-0.15, -0.1) is 0 Å². The number of aliphatic imine (C=N–C) groups is 1. The third-order valence-corrected chi connectivity index (χ3v) is 4.10. The second-order valence-corrected chi connectivity index (χ2v) is 5.27. The van der Waals surface area contributed by atoms with E-state index in [1.807, 2.05) is 0 Å². The number of ketones is 1. The Bertz CT molecular complexity index is 581. The fourth-order valence-corrected chi connectivity index (χ4v) is 3.07. The third kappa shape index (κ3) is 2.34. The van der Waals surface area contributed by atoms with Crippen LogP contribution in [0.5, 0.6) is 0 Å². The highest BCUT2D eigenvalue weighted by Crippen LogP contribution is 2.51. The molecule has 0 unspecified atom stereocenters. The zero-order valence-corrected chi connectivity index (χ0v) is 13.6. The molecule has 0 aromatic carbocycles. The highest BCUT2D eigenvalue weighted by molar-refractivity contribution is 6.46. The van der Waals surface area contributed by atoms with Crippen LogP contribution in [0.2, 0.25) is 0 Å². The van der Waals surface area contributed by atoms with E-state index in [2.05, 4.69) is 4.99 Å². The lowest BCUT2D eigenvalue weighted by atomic mass is 9.62. The first kappa shape index (κ1) is 17.2. The van der Waals surface area contributed by atoms with Crippen molar-refractivity contribution in [3.05, 3.63) is 12.2 Å². The van der Waals surface area contributed by atoms with E-state index >= 15 is 0 Å². The molecule has 1 heterocycles. The first-order valence-electron chi connectivity index (χ1n) is 7.77. The SMILES string of the molecule is CCOC(=O)[C@]12CC=CC[C@@]1(C(=O)OCC)N=C(OCC)C2=O. The fraction of sp³-hybridized carbons (Fsp3) is 0.625. The van der Waals surface area contributed by atoms with E-state index < -0.39 is 28.7 Å². The lowest BCUT2D eigenvalue weighted by Crippen LogP contribution is -2.60.